The van der Waals surface area contributed by atoms with E-state index in [9.17, 15) is 13.2 Å². The fourth-order valence-electron chi connectivity index (χ4n) is 2.82. The number of sulfonamides is 1. The predicted octanol–water partition coefficient (Wildman–Crippen LogP) is 2.54. The molecule has 0 amide bonds. The summed E-state index contributed by atoms with van der Waals surface area (Å²) in [6.07, 6.45) is 0.395. The van der Waals surface area contributed by atoms with Crippen molar-refractivity contribution in [3.05, 3.63) is 42.0 Å². The summed E-state index contributed by atoms with van der Waals surface area (Å²) in [5, 5.41) is 0. The van der Waals surface area contributed by atoms with Gasteiger partial charge in [0.2, 0.25) is 10.0 Å². The molecule has 21 heavy (non-hydrogen) atoms. The molecule has 0 spiro atoms. The van der Waals surface area contributed by atoms with Gasteiger partial charge in [-0.25, -0.2) is 8.42 Å². The summed E-state index contributed by atoms with van der Waals surface area (Å²) in [5.41, 5.74) is 1.69. The molecule has 1 aliphatic rings. The molecule has 2 atom stereocenters. The number of carbonyl (C=O) groups excluding carboxylic acids is 1. The summed E-state index contributed by atoms with van der Waals surface area (Å²) in [6, 6.07) is 6.38. The standard InChI is InChI=1S/C16H21NO3S/c1-5-15(18)16-12(3)10-17(13(16)4)21(19,20)14-8-6-11(2)7-9-14/h6-9,13,16H,3,5,10H2,1-2,4H3/t13-,16+/m1/s1. The fraction of sp³-hybridized carbons (Fsp3) is 0.438. The van der Waals surface area contributed by atoms with Gasteiger partial charge >= 0.3 is 0 Å². The van der Waals surface area contributed by atoms with Crippen LogP contribution in [-0.4, -0.2) is 31.1 Å². The lowest BCUT2D eigenvalue weighted by Gasteiger charge is -2.23. The minimum absolute atomic E-state index is 0.0501. The lowest BCUT2D eigenvalue weighted by Crippen LogP contribution is -2.37. The van der Waals surface area contributed by atoms with Gasteiger partial charge in [-0.2, -0.15) is 4.31 Å². The summed E-state index contributed by atoms with van der Waals surface area (Å²) in [7, 11) is -3.59. The fourth-order valence-corrected chi connectivity index (χ4v) is 4.46. The maximum atomic E-state index is 12.7. The quantitative estimate of drug-likeness (QED) is 0.803. The van der Waals surface area contributed by atoms with Gasteiger partial charge < -0.3 is 0 Å². The van der Waals surface area contributed by atoms with E-state index in [0.29, 0.717) is 12.0 Å². The summed E-state index contributed by atoms with van der Waals surface area (Å²) >= 11 is 0. The second-order valence-corrected chi connectivity index (χ2v) is 7.45. The van der Waals surface area contributed by atoms with Gasteiger partial charge in [0.05, 0.1) is 10.8 Å². The van der Waals surface area contributed by atoms with Crippen molar-refractivity contribution >= 4 is 15.8 Å². The molecule has 2 rings (SSSR count). The molecule has 0 saturated carbocycles. The maximum absolute atomic E-state index is 12.7. The lowest BCUT2D eigenvalue weighted by atomic mass is 9.92. The van der Waals surface area contributed by atoms with Crippen LogP contribution in [0.15, 0.2) is 41.3 Å². The van der Waals surface area contributed by atoms with Crippen molar-refractivity contribution in [2.24, 2.45) is 5.92 Å². The number of carbonyl (C=O) groups is 1. The molecule has 1 saturated heterocycles. The molecule has 114 valence electrons. The van der Waals surface area contributed by atoms with Gasteiger partial charge in [-0.15, -0.1) is 0 Å². The van der Waals surface area contributed by atoms with Crippen molar-refractivity contribution in [3.8, 4) is 0 Å². The van der Waals surface area contributed by atoms with Gasteiger partial charge in [-0.1, -0.05) is 36.8 Å². The number of aryl methyl sites for hydroxylation is 1. The van der Waals surface area contributed by atoms with Crippen molar-refractivity contribution in [3.63, 3.8) is 0 Å². The number of ketones is 1. The van der Waals surface area contributed by atoms with E-state index in [4.69, 9.17) is 0 Å². The van der Waals surface area contributed by atoms with Gasteiger partial charge in [0.1, 0.15) is 5.78 Å². The molecule has 0 aliphatic carbocycles. The maximum Gasteiger partial charge on any atom is 0.243 e. The van der Waals surface area contributed by atoms with E-state index >= 15 is 0 Å². The molecule has 0 N–H and O–H groups in total. The number of hydrogen-bond donors (Lipinski definition) is 0. The smallest absolute Gasteiger partial charge is 0.243 e. The first kappa shape index (κ1) is 15.9. The number of Topliss-reactive ketones (excluding diaryl/α,β-unsaturated/α-hetero) is 1. The molecule has 1 heterocycles. The Morgan fingerprint density at radius 1 is 1.33 bits per heavy atom. The van der Waals surface area contributed by atoms with Crippen molar-refractivity contribution in [1.82, 2.24) is 4.31 Å². The van der Waals surface area contributed by atoms with E-state index < -0.39 is 15.9 Å². The first-order valence-electron chi connectivity index (χ1n) is 7.08. The van der Waals surface area contributed by atoms with E-state index in [-0.39, 0.29) is 23.3 Å². The second-order valence-electron chi connectivity index (χ2n) is 5.56. The van der Waals surface area contributed by atoms with Crippen molar-refractivity contribution in [1.29, 1.82) is 0 Å². The highest BCUT2D eigenvalue weighted by Crippen LogP contribution is 2.34. The Morgan fingerprint density at radius 3 is 2.43 bits per heavy atom. The van der Waals surface area contributed by atoms with Gasteiger partial charge in [-0.3, -0.25) is 4.79 Å². The molecule has 5 heteroatoms. The average Bonchev–Trinajstić information content (AvgIpc) is 2.74. The molecule has 0 radical (unpaired) electrons. The first-order valence-corrected chi connectivity index (χ1v) is 8.52. The van der Waals surface area contributed by atoms with Crippen LogP contribution in [-0.2, 0) is 14.8 Å². The van der Waals surface area contributed by atoms with Gasteiger partial charge in [-0.05, 0) is 26.0 Å². The molecule has 1 fully saturated rings. The Hall–Kier alpha value is -1.46. The summed E-state index contributed by atoms with van der Waals surface area (Å²) < 4.78 is 26.9. The van der Waals surface area contributed by atoms with E-state index in [0.717, 1.165) is 5.56 Å². The number of rotatable bonds is 4. The third-order valence-electron chi connectivity index (χ3n) is 4.06. The number of hydrogen-bond acceptors (Lipinski definition) is 3. The third kappa shape index (κ3) is 2.80. The Kier molecular flexibility index (Phi) is 4.35. The Labute approximate surface area is 126 Å². The van der Waals surface area contributed by atoms with E-state index in [2.05, 4.69) is 6.58 Å². The number of nitrogens with zero attached hydrogens (tertiary/aromatic N) is 1. The van der Waals surface area contributed by atoms with Crippen LogP contribution < -0.4 is 0 Å². The zero-order chi connectivity index (χ0) is 15.8. The zero-order valence-corrected chi connectivity index (χ0v) is 13.5. The van der Waals surface area contributed by atoms with Gasteiger partial charge in [0.25, 0.3) is 0 Å². The zero-order valence-electron chi connectivity index (χ0n) is 12.7. The SMILES string of the molecule is C=C1CN(S(=O)(=O)c2ccc(C)cc2)[C@H](C)[C@H]1C(=O)CC. The van der Waals surface area contributed by atoms with Crippen LogP contribution in [0, 0.1) is 12.8 Å². The minimum Gasteiger partial charge on any atom is -0.299 e. The van der Waals surface area contributed by atoms with Crippen LogP contribution in [0.3, 0.4) is 0 Å². The molecule has 1 aromatic rings. The molecule has 4 nitrogen and oxygen atoms in total. The second kappa shape index (κ2) is 5.73. The van der Waals surface area contributed by atoms with Crippen LogP contribution >= 0.6 is 0 Å². The minimum atomic E-state index is -3.59. The average molecular weight is 307 g/mol. The molecular weight excluding hydrogens is 286 g/mol. The molecule has 0 unspecified atom stereocenters. The highest BCUT2D eigenvalue weighted by molar-refractivity contribution is 7.89. The molecule has 1 aromatic carbocycles. The van der Waals surface area contributed by atoms with Crippen LogP contribution in [0.4, 0.5) is 0 Å². The highest BCUT2D eigenvalue weighted by atomic mass is 32.2. The Morgan fingerprint density at radius 2 is 1.90 bits per heavy atom. The number of benzene rings is 1. The van der Waals surface area contributed by atoms with E-state index in [1.54, 1.807) is 38.1 Å². The lowest BCUT2D eigenvalue weighted by molar-refractivity contribution is -0.121. The van der Waals surface area contributed by atoms with E-state index in [1.807, 2.05) is 6.92 Å². The monoisotopic (exact) mass is 307 g/mol. The Balaban J connectivity index is 2.36. The van der Waals surface area contributed by atoms with Gasteiger partial charge in [0, 0.05) is 19.0 Å². The summed E-state index contributed by atoms with van der Waals surface area (Å²) in [6.45, 7) is 9.60. The largest absolute Gasteiger partial charge is 0.299 e. The molecule has 1 aliphatic heterocycles. The molecule has 0 bridgehead atoms. The first-order chi connectivity index (χ1) is 9.78. The normalized spacial score (nSPS) is 23.5. The van der Waals surface area contributed by atoms with E-state index in [1.165, 1.54) is 4.31 Å². The van der Waals surface area contributed by atoms with Crippen LogP contribution in [0.1, 0.15) is 25.8 Å². The van der Waals surface area contributed by atoms with Crippen molar-refractivity contribution in [2.45, 2.75) is 38.1 Å². The summed E-state index contributed by atoms with van der Waals surface area (Å²) in [4.78, 5) is 12.3. The highest BCUT2D eigenvalue weighted by Gasteiger charge is 2.43. The summed E-state index contributed by atoms with van der Waals surface area (Å²) in [5.74, 6) is -0.343. The molecular formula is C16H21NO3S. The third-order valence-corrected chi connectivity index (χ3v) is 6.01. The topological polar surface area (TPSA) is 54.5 Å². The van der Waals surface area contributed by atoms with Crippen molar-refractivity contribution < 1.29 is 13.2 Å². The molecule has 0 aromatic heterocycles. The Bertz CT molecular complexity index is 661. The van der Waals surface area contributed by atoms with Crippen LogP contribution in [0.2, 0.25) is 0 Å². The van der Waals surface area contributed by atoms with Crippen LogP contribution in [0.25, 0.3) is 0 Å². The van der Waals surface area contributed by atoms with Crippen molar-refractivity contribution in [2.75, 3.05) is 6.54 Å². The van der Waals surface area contributed by atoms with Crippen LogP contribution in [0.5, 0.6) is 0 Å². The predicted molar refractivity (Wildman–Crippen MR) is 82.5 cm³/mol. The van der Waals surface area contributed by atoms with Gasteiger partial charge in [0.15, 0.2) is 0 Å².